The number of hydrogen-bond acceptors (Lipinski definition) is 2. The van der Waals surface area contributed by atoms with E-state index in [9.17, 15) is 4.79 Å². The summed E-state index contributed by atoms with van der Waals surface area (Å²) in [6, 6.07) is 0. The van der Waals surface area contributed by atoms with Crippen LogP contribution in [0.1, 0.15) is 12.8 Å². The second-order valence-electron chi connectivity index (χ2n) is 1.18. The number of esters is 1. The molecular weight excluding hydrogens is 284 g/mol. The Morgan fingerprint density at radius 3 is 2.22 bits per heavy atom. The van der Waals surface area contributed by atoms with E-state index >= 15 is 0 Å². The van der Waals surface area contributed by atoms with Gasteiger partial charge < -0.3 is 11.7 Å². The number of carbonyl (C=O) groups excluding carboxylic acids is 1. The van der Waals surface area contributed by atoms with E-state index in [1.54, 1.807) is 0 Å². The van der Waals surface area contributed by atoms with Crippen LogP contribution in [0.4, 0.5) is 0 Å². The Kier molecular flexibility index (Phi) is 21.2. The third kappa shape index (κ3) is 12.1. The third-order valence-electron chi connectivity index (χ3n) is 0.609. The molecule has 0 aromatic heterocycles. The van der Waals surface area contributed by atoms with Gasteiger partial charge in [-0.1, -0.05) is 0 Å². The van der Waals surface area contributed by atoms with Gasteiger partial charge in [0.1, 0.15) is 0 Å². The molecule has 0 heterocycles. The number of carbonyl (C=O) groups is 1. The molecule has 0 radical (unpaired) electrons. The van der Waals surface area contributed by atoms with E-state index in [2.05, 4.69) is 11.7 Å². The predicted molar refractivity (Wildman–Crippen MR) is 42.0 cm³/mol. The van der Waals surface area contributed by atoms with E-state index in [0.29, 0.717) is 12.8 Å². The van der Waals surface area contributed by atoms with Gasteiger partial charge in [0.2, 0.25) is 0 Å². The van der Waals surface area contributed by atoms with Gasteiger partial charge in [-0.15, -0.1) is 24.0 Å². The molecule has 0 aromatic rings. The maximum absolute atomic E-state index is 10.1. The number of rotatable bonds is 2. The first-order valence-electron chi connectivity index (χ1n) is 2.17. The first-order valence-corrected chi connectivity index (χ1v) is 2.17. The average Bonchev–Trinajstić information content (AvgIpc) is 1.68. The van der Waals surface area contributed by atoms with Crippen LogP contribution in [-0.2, 0) is 29.0 Å². The summed E-state index contributed by atoms with van der Waals surface area (Å²) in [7, 11) is 1.37. The van der Waals surface area contributed by atoms with Crippen molar-refractivity contribution >= 4 is 29.9 Å². The Balaban J connectivity index is -0.000000180. The molecule has 0 atom stereocenters. The van der Waals surface area contributed by atoms with Crippen molar-refractivity contribution < 1.29 is 29.0 Å². The topological polar surface area (TPSA) is 26.3 Å². The molecule has 52 valence electrons. The Morgan fingerprint density at radius 2 is 2.11 bits per heavy atom. The molecule has 0 aliphatic heterocycles. The fourth-order valence-electron chi connectivity index (χ4n) is 0.246. The quantitative estimate of drug-likeness (QED) is 0.333. The van der Waals surface area contributed by atoms with Crippen molar-refractivity contribution in [1.29, 1.82) is 0 Å². The zero-order valence-corrected chi connectivity index (χ0v) is 10.9. The van der Waals surface area contributed by atoms with Crippen molar-refractivity contribution in [3.63, 3.8) is 0 Å². The largest absolute Gasteiger partial charge is 0.469 e. The predicted octanol–water partition coefficient (Wildman–Crippen LogP) is 1.39. The molecule has 0 bridgehead atoms. The standard InChI is InChI=1S/C5H9O2.HI.Zn/c1-3-4-5(6)7-2;;/h1,3-4H2,2H3;1H;/q-1;;. The van der Waals surface area contributed by atoms with Gasteiger partial charge >= 0.3 is 5.97 Å². The zero-order valence-electron chi connectivity index (χ0n) is 5.55. The number of hydrogen-bond donors (Lipinski definition) is 0. The van der Waals surface area contributed by atoms with Crippen molar-refractivity contribution in [2.24, 2.45) is 0 Å². The minimum absolute atomic E-state index is 0. The molecule has 4 heteroatoms. The van der Waals surface area contributed by atoms with Crippen molar-refractivity contribution in [2.75, 3.05) is 7.11 Å². The maximum atomic E-state index is 10.1. The minimum Gasteiger partial charge on any atom is -0.469 e. The van der Waals surface area contributed by atoms with Crippen LogP contribution < -0.4 is 0 Å². The summed E-state index contributed by atoms with van der Waals surface area (Å²) in [6.45, 7) is 3.47. The fraction of sp³-hybridized carbons (Fsp3) is 0.600. The first kappa shape index (κ1) is 16.4. The minimum atomic E-state index is -0.185. The first-order chi connectivity index (χ1) is 3.31. The average molecular weight is 294 g/mol. The maximum Gasteiger partial charge on any atom is 0.302 e. The monoisotopic (exact) mass is 293 g/mol. The van der Waals surface area contributed by atoms with Gasteiger partial charge in [0, 0.05) is 25.9 Å². The molecule has 0 aliphatic carbocycles. The van der Waals surface area contributed by atoms with Gasteiger partial charge in [-0.3, -0.25) is 4.79 Å². The van der Waals surface area contributed by atoms with Crippen LogP contribution in [-0.4, -0.2) is 13.1 Å². The smallest absolute Gasteiger partial charge is 0.302 e. The summed E-state index contributed by atoms with van der Waals surface area (Å²) in [5, 5.41) is 0. The number of halogens is 1. The SMILES string of the molecule is I.[CH2-]CCC(=O)OC.[Zn]. The van der Waals surface area contributed by atoms with Crippen LogP contribution in [0.15, 0.2) is 0 Å². The van der Waals surface area contributed by atoms with Gasteiger partial charge in [-0.2, -0.15) is 6.42 Å². The van der Waals surface area contributed by atoms with Crippen LogP contribution in [0.5, 0.6) is 0 Å². The molecule has 0 unspecified atom stereocenters. The molecule has 0 N–H and O–H groups in total. The molecule has 0 amide bonds. The van der Waals surface area contributed by atoms with Crippen molar-refractivity contribution in [3.8, 4) is 0 Å². The van der Waals surface area contributed by atoms with Crippen LogP contribution in [0, 0.1) is 6.92 Å². The van der Waals surface area contributed by atoms with Gasteiger partial charge in [0.15, 0.2) is 0 Å². The van der Waals surface area contributed by atoms with Crippen LogP contribution in [0.2, 0.25) is 0 Å². The molecule has 9 heavy (non-hydrogen) atoms. The van der Waals surface area contributed by atoms with Crippen LogP contribution in [0.3, 0.4) is 0 Å². The molecule has 0 aromatic carbocycles. The Bertz CT molecular complexity index is 68.0. The Labute approximate surface area is 85.5 Å². The molecule has 0 rings (SSSR count). The molecular formula is C5H10IO2Zn-. The van der Waals surface area contributed by atoms with Crippen molar-refractivity contribution in [1.82, 2.24) is 0 Å². The molecule has 0 aliphatic rings. The zero-order chi connectivity index (χ0) is 5.70. The van der Waals surface area contributed by atoms with Gasteiger partial charge in [0.25, 0.3) is 0 Å². The van der Waals surface area contributed by atoms with E-state index in [1.807, 2.05) is 0 Å². The fourth-order valence-corrected chi connectivity index (χ4v) is 0.246. The van der Waals surface area contributed by atoms with E-state index in [1.165, 1.54) is 7.11 Å². The van der Waals surface area contributed by atoms with E-state index < -0.39 is 0 Å². The summed E-state index contributed by atoms with van der Waals surface area (Å²) in [4.78, 5) is 10.1. The molecule has 2 nitrogen and oxygen atoms in total. The van der Waals surface area contributed by atoms with Crippen LogP contribution in [0.25, 0.3) is 0 Å². The van der Waals surface area contributed by atoms with Gasteiger partial charge in [-0.05, 0) is 0 Å². The van der Waals surface area contributed by atoms with E-state index in [0.717, 1.165) is 0 Å². The summed E-state index contributed by atoms with van der Waals surface area (Å²) in [5.41, 5.74) is 0. The second kappa shape index (κ2) is 11.6. The van der Waals surface area contributed by atoms with Gasteiger partial charge in [-0.25, -0.2) is 0 Å². The summed E-state index contributed by atoms with van der Waals surface area (Å²) < 4.78 is 4.31. The summed E-state index contributed by atoms with van der Waals surface area (Å²) >= 11 is 0. The second-order valence-corrected chi connectivity index (χ2v) is 1.18. The van der Waals surface area contributed by atoms with Crippen LogP contribution >= 0.6 is 24.0 Å². The normalized spacial score (nSPS) is 6.44. The number of methoxy groups -OCH3 is 1. The van der Waals surface area contributed by atoms with Crippen molar-refractivity contribution in [3.05, 3.63) is 6.92 Å². The molecule has 0 spiro atoms. The van der Waals surface area contributed by atoms with Gasteiger partial charge in [0.05, 0.1) is 7.11 Å². The van der Waals surface area contributed by atoms with Crippen molar-refractivity contribution in [2.45, 2.75) is 12.8 Å². The van der Waals surface area contributed by atoms with E-state index in [4.69, 9.17) is 0 Å². The molecule has 0 saturated heterocycles. The number of ether oxygens (including phenoxy) is 1. The summed E-state index contributed by atoms with van der Waals surface area (Å²) in [6.07, 6.45) is 1.04. The van der Waals surface area contributed by atoms with E-state index in [-0.39, 0.29) is 49.4 Å². The summed E-state index contributed by atoms with van der Waals surface area (Å²) in [5.74, 6) is -0.185. The molecule has 0 fully saturated rings. The third-order valence-corrected chi connectivity index (χ3v) is 0.609. The molecule has 0 saturated carbocycles. The Hall–Kier alpha value is 0.823. The Morgan fingerprint density at radius 1 is 1.67 bits per heavy atom.